The Morgan fingerprint density at radius 2 is 1.95 bits per heavy atom. The van der Waals surface area contributed by atoms with Crippen LogP contribution in [-0.2, 0) is 4.79 Å². The summed E-state index contributed by atoms with van der Waals surface area (Å²) in [5.74, 6) is -0.962. The summed E-state index contributed by atoms with van der Waals surface area (Å²) < 4.78 is 4.40. The maximum atomic E-state index is 10.7. The van der Waals surface area contributed by atoms with Gasteiger partial charge in [-0.25, -0.2) is 4.40 Å². The number of carboxylic acid groups (broad SMARTS) is 1. The summed E-state index contributed by atoms with van der Waals surface area (Å²) in [7, 11) is 0. The van der Waals surface area contributed by atoms with Gasteiger partial charge in [0.15, 0.2) is 0 Å². The van der Waals surface area contributed by atoms with Crippen molar-refractivity contribution in [3.05, 3.63) is 52.3 Å². The van der Waals surface area contributed by atoms with Gasteiger partial charge in [0, 0.05) is 17.5 Å². The lowest BCUT2D eigenvalue weighted by atomic mass is 10.0. The van der Waals surface area contributed by atoms with Crippen LogP contribution in [0.2, 0.25) is 0 Å². The van der Waals surface area contributed by atoms with E-state index in [1.807, 2.05) is 42.5 Å². The second-order valence-corrected chi connectivity index (χ2v) is 6.22. The third-order valence-corrected chi connectivity index (χ3v) is 4.74. The lowest BCUT2D eigenvalue weighted by Gasteiger charge is -2.11. The fourth-order valence-electron chi connectivity index (χ4n) is 1.91. The van der Waals surface area contributed by atoms with E-state index in [0.29, 0.717) is 9.93 Å². The molecule has 0 aliphatic carbocycles. The molecule has 0 saturated heterocycles. The highest BCUT2D eigenvalue weighted by Gasteiger charge is 2.12. The van der Waals surface area contributed by atoms with Gasteiger partial charge in [0.1, 0.15) is 0 Å². The number of benzene rings is 2. The van der Waals surface area contributed by atoms with Crippen LogP contribution in [0, 0.1) is 0 Å². The van der Waals surface area contributed by atoms with Crippen molar-refractivity contribution < 1.29 is 9.90 Å². The molecule has 0 heterocycles. The molecule has 0 atom stereocenters. The van der Waals surface area contributed by atoms with E-state index in [0.717, 1.165) is 40.0 Å². The Hall–Kier alpha value is -1.92. The Kier molecular flexibility index (Phi) is 5.30. The van der Waals surface area contributed by atoms with Gasteiger partial charge < -0.3 is 10.8 Å². The maximum absolute atomic E-state index is 10.7. The van der Waals surface area contributed by atoms with E-state index < -0.39 is 5.97 Å². The molecule has 2 aromatic carbocycles. The molecule has 0 aliphatic heterocycles. The number of nitrogens with two attached hydrogens (primary N) is 1. The minimum absolute atomic E-state index is 0.0662. The Morgan fingerprint density at radius 3 is 2.67 bits per heavy atom. The molecule has 4 nitrogen and oxygen atoms in total. The average Bonchev–Trinajstić information content (AvgIpc) is 2.50. The molecule has 2 aromatic rings. The van der Waals surface area contributed by atoms with Crippen LogP contribution in [0.15, 0.2) is 51.1 Å². The molecule has 2 rings (SSSR count). The van der Waals surface area contributed by atoms with Crippen LogP contribution in [0.4, 0.5) is 0 Å². The van der Waals surface area contributed by atoms with Gasteiger partial charge in [0.05, 0.1) is 15.7 Å². The molecule has 3 N–H and O–H groups in total. The molecular formula is C15H14N2O2S2. The van der Waals surface area contributed by atoms with E-state index >= 15 is 0 Å². The van der Waals surface area contributed by atoms with Crippen LogP contribution < -0.4 is 5.73 Å². The van der Waals surface area contributed by atoms with Gasteiger partial charge in [-0.15, -0.1) is 11.8 Å². The zero-order chi connectivity index (χ0) is 15.2. The highest BCUT2D eigenvalue weighted by Crippen LogP contribution is 2.36. The minimum atomic E-state index is -0.895. The highest BCUT2D eigenvalue weighted by atomic mass is 32.2. The van der Waals surface area contributed by atoms with Gasteiger partial charge in [-0.3, -0.25) is 4.79 Å². The van der Waals surface area contributed by atoms with E-state index in [9.17, 15) is 4.79 Å². The molecule has 0 spiro atoms. The Bertz CT molecular complexity index is 708. The summed E-state index contributed by atoms with van der Waals surface area (Å²) in [4.78, 5) is 10.7. The molecule has 21 heavy (non-hydrogen) atoms. The Morgan fingerprint density at radius 1 is 1.24 bits per heavy atom. The first-order valence-corrected chi connectivity index (χ1v) is 7.85. The van der Waals surface area contributed by atoms with Gasteiger partial charge >= 0.3 is 5.97 Å². The second kappa shape index (κ2) is 7.19. The van der Waals surface area contributed by atoms with Crippen molar-refractivity contribution in [3.63, 3.8) is 0 Å². The standard InChI is InChI=1S/C15H14N2O2S2/c1-17-21-15(20-9-13(18)19)14(16)12-8-4-6-10-5-2-3-7-11(10)12/h2-8H,1,9,16H2,(H,18,19)/b15-14-. The number of carbonyl (C=O) groups is 1. The van der Waals surface area contributed by atoms with Crippen LogP contribution in [0.1, 0.15) is 5.56 Å². The fraction of sp³-hybridized carbons (Fsp3) is 0.0667. The number of thioether (sulfide) groups is 1. The number of hydrogen-bond donors (Lipinski definition) is 2. The van der Waals surface area contributed by atoms with Crippen molar-refractivity contribution in [2.75, 3.05) is 5.75 Å². The lowest BCUT2D eigenvalue weighted by molar-refractivity contribution is -0.133. The first-order chi connectivity index (χ1) is 10.1. The number of rotatable bonds is 6. The van der Waals surface area contributed by atoms with E-state index in [-0.39, 0.29) is 5.75 Å². The molecule has 0 saturated carbocycles. The smallest absolute Gasteiger partial charge is 0.313 e. The lowest BCUT2D eigenvalue weighted by Crippen LogP contribution is -2.02. The van der Waals surface area contributed by atoms with E-state index in [1.54, 1.807) is 0 Å². The van der Waals surface area contributed by atoms with Crippen molar-refractivity contribution in [1.29, 1.82) is 0 Å². The van der Waals surface area contributed by atoms with E-state index in [2.05, 4.69) is 11.1 Å². The summed E-state index contributed by atoms with van der Waals surface area (Å²) in [6.07, 6.45) is 0. The van der Waals surface area contributed by atoms with Gasteiger partial charge in [0.25, 0.3) is 0 Å². The van der Waals surface area contributed by atoms with Crippen LogP contribution in [0.5, 0.6) is 0 Å². The van der Waals surface area contributed by atoms with E-state index in [1.165, 1.54) is 0 Å². The SMILES string of the molecule is C=NS/C(SCC(=O)O)=C(\N)c1cccc2ccccc12. The topological polar surface area (TPSA) is 75.7 Å². The molecule has 6 heteroatoms. The maximum Gasteiger partial charge on any atom is 0.313 e. The summed E-state index contributed by atoms with van der Waals surface area (Å²) in [6, 6.07) is 13.8. The van der Waals surface area contributed by atoms with Gasteiger partial charge in [-0.2, -0.15) is 0 Å². The van der Waals surface area contributed by atoms with Crippen molar-refractivity contribution in [2.45, 2.75) is 0 Å². The molecule has 0 amide bonds. The van der Waals surface area contributed by atoms with Crippen molar-refractivity contribution in [1.82, 2.24) is 0 Å². The molecule has 0 bridgehead atoms. The molecule has 0 fully saturated rings. The first kappa shape index (κ1) is 15.5. The molecule has 0 aromatic heterocycles. The molecular weight excluding hydrogens is 304 g/mol. The van der Waals surface area contributed by atoms with Crippen molar-refractivity contribution >= 4 is 52.9 Å². The highest BCUT2D eigenvalue weighted by molar-refractivity contribution is 8.22. The van der Waals surface area contributed by atoms with E-state index in [4.69, 9.17) is 10.8 Å². The second-order valence-electron chi connectivity index (χ2n) is 4.13. The zero-order valence-electron chi connectivity index (χ0n) is 11.2. The van der Waals surface area contributed by atoms with Gasteiger partial charge in [-0.1, -0.05) is 42.5 Å². The molecule has 0 radical (unpaired) electrons. The summed E-state index contributed by atoms with van der Waals surface area (Å²) >= 11 is 2.25. The number of hydrogen-bond acceptors (Lipinski definition) is 5. The Balaban J connectivity index is 2.49. The third-order valence-electron chi connectivity index (χ3n) is 2.77. The number of fused-ring (bicyclic) bond motifs is 1. The van der Waals surface area contributed by atoms with Gasteiger partial charge in [-0.05, 0) is 17.5 Å². The van der Waals surface area contributed by atoms with Crippen molar-refractivity contribution in [2.24, 2.45) is 10.1 Å². The molecule has 0 unspecified atom stereocenters. The van der Waals surface area contributed by atoms with Crippen molar-refractivity contribution in [3.8, 4) is 0 Å². The predicted molar refractivity (Wildman–Crippen MR) is 92.3 cm³/mol. The summed E-state index contributed by atoms with van der Waals surface area (Å²) in [5.41, 5.74) is 7.63. The summed E-state index contributed by atoms with van der Waals surface area (Å²) in [6.45, 7) is 3.43. The number of nitrogens with zero attached hydrogens (tertiary/aromatic N) is 1. The summed E-state index contributed by atoms with van der Waals surface area (Å²) in [5, 5.41) is 10.9. The monoisotopic (exact) mass is 318 g/mol. The quantitative estimate of drug-likeness (QED) is 0.629. The zero-order valence-corrected chi connectivity index (χ0v) is 12.8. The Labute approximate surface area is 131 Å². The minimum Gasteiger partial charge on any atom is -0.481 e. The molecule has 108 valence electrons. The number of carboxylic acids is 1. The first-order valence-electron chi connectivity index (χ1n) is 6.09. The molecule has 0 aliphatic rings. The van der Waals surface area contributed by atoms with Crippen LogP contribution in [0.3, 0.4) is 0 Å². The van der Waals surface area contributed by atoms with Crippen LogP contribution in [0.25, 0.3) is 16.5 Å². The fourth-order valence-corrected chi connectivity index (χ4v) is 3.30. The third kappa shape index (κ3) is 3.80. The van der Waals surface area contributed by atoms with Crippen LogP contribution >= 0.6 is 23.7 Å². The largest absolute Gasteiger partial charge is 0.481 e. The normalized spacial score (nSPS) is 12.0. The average molecular weight is 318 g/mol. The van der Waals surface area contributed by atoms with Gasteiger partial charge in [0.2, 0.25) is 0 Å². The predicted octanol–water partition coefficient (Wildman–Crippen LogP) is 3.59. The number of aliphatic carboxylic acids is 1. The van der Waals surface area contributed by atoms with Crippen LogP contribution in [-0.4, -0.2) is 23.5 Å².